The molecule has 0 bridgehead atoms. The first kappa shape index (κ1) is 11.9. The molecule has 1 aliphatic rings. The highest BCUT2D eigenvalue weighted by molar-refractivity contribution is 5.73. The third-order valence-electron chi connectivity index (χ3n) is 3.37. The Morgan fingerprint density at radius 3 is 2.63 bits per heavy atom. The number of hydrogen-bond acceptors (Lipinski definition) is 4. The Morgan fingerprint density at radius 2 is 1.95 bits per heavy atom. The zero-order valence-electron chi connectivity index (χ0n) is 11.1. The molecule has 2 heterocycles. The third-order valence-corrected chi connectivity index (χ3v) is 3.37. The number of anilines is 1. The van der Waals surface area contributed by atoms with Crippen molar-refractivity contribution in [2.45, 2.75) is 13.0 Å². The average Bonchev–Trinajstić information content (AvgIpc) is 2.90. The van der Waals surface area contributed by atoms with Crippen LogP contribution in [0.25, 0.3) is 11.4 Å². The molecule has 1 aliphatic heterocycles. The number of nitrogens with one attached hydrogen (secondary N) is 1. The van der Waals surface area contributed by atoms with E-state index >= 15 is 0 Å². The lowest BCUT2D eigenvalue weighted by molar-refractivity contribution is 0.396. The van der Waals surface area contributed by atoms with Gasteiger partial charge in [0.1, 0.15) is 28.7 Å². The van der Waals surface area contributed by atoms with Gasteiger partial charge in [-0.05, 0) is 18.6 Å². The van der Waals surface area contributed by atoms with Crippen molar-refractivity contribution in [3.8, 4) is 22.9 Å². The van der Waals surface area contributed by atoms with Crippen molar-refractivity contribution in [1.29, 1.82) is 0 Å². The van der Waals surface area contributed by atoms with Crippen LogP contribution in [0.15, 0.2) is 24.4 Å². The van der Waals surface area contributed by atoms with Gasteiger partial charge in [0.05, 0.1) is 20.4 Å². The average molecular weight is 259 g/mol. The van der Waals surface area contributed by atoms with E-state index in [0.717, 1.165) is 48.2 Å². The predicted octanol–water partition coefficient (Wildman–Crippen LogP) is 2.38. The summed E-state index contributed by atoms with van der Waals surface area (Å²) >= 11 is 0. The SMILES string of the molecule is COc1cccc(OC)c1-c1ncc2n1CCCN2. The van der Waals surface area contributed by atoms with Gasteiger partial charge in [0.15, 0.2) is 0 Å². The highest BCUT2D eigenvalue weighted by atomic mass is 16.5. The molecule has 3 rings (SSSR count). The van der Waals surface area contributed by atoms with Gasteiger partial charge < -0.3 is 19.4 Å². The van der Waals surface area contributed by atoms with Crippen molar-refractivity contribution in [2.75, 3.05) is 26.1 Å². The van der Waals surface area contributed by atoms with Crippen molar-refractivity contribution in [3.05, 3.63) is 24.4 Å². The number of fused-ring (bicyclic) bond motifs is 1. The number of methoxy groups -OCH3 is 2. The van der Waals surface area contributed by atoms with E-state index in [1.807, 2.05) is 24.4 Å². The van der Waals surface area contributed by atoms with E-state index in [4.69, 9.17) is 9.47 Å². The summed E-state index contributed by atoms with van der Waals surface area (Å²) in [4.78, 5) is 4.53. The first-order chi connectivity index (χ1) is 9.35. The molecule has 0 unspecified atom stereocenters. The van der Waals surface area contributed by atoms with Crippen molar-refractivity contribution in [1.82, 2.24) is 9.55 Å². The van der Waals surface area contributed by atoms with Crippen LogP contribution >= 0.6 is 0 Å². The number of benzene rings is 1. The number of nitrogens with zero attached hydrogens (tertiary/aromatic N) is 2. The topological polar surface area (TPSA) is 48.3 Å². The summed E-state index contributed by atoms with van der Waals surface area (Å²) in [5, 5.41) is 3.35. The summed E-state index contributed by atoms with van der Waals surface area (Å²) in [7, 11) is 3.33. The van der Waals surface area contributed by atoms with Gasteiger partial charge in [-0.25, -0.2) is 4.98 Å². The van der Waals surface area contributed by atoms with E-state index in [9.17, 15) is 0 Å². The molecular weight excluding hydrogens is 242 g/mol. The standard InChI is InChI=1S/C14H17N3O2/c1-18-10-5-3-6-11(19-2)13(10)14-16-9-12-15-7-4-8-17(12)14/h3,5-6,9,15H,4,7-8H2,1-2H3. The van der Waals surface area contributed by atoms with E-state index in [-0.39, 0.29) is 0 Å². The zero-order valence-corrected chi connectivity index (χ0v) is 11.1. The molecule has 0 fully saturated rings. The molecule has 2 aromatic rings. The van der Waals surface area contributed by atoms with Gasteiger partial charge in [-0.1, -0.05) is 6.07 Å². The second-order valence-electron chi connectivity index (χ2n) is 4.44. The number of rotatable bonds is 3. The number of ether oxygens (including phenoxy) is 2. The minimum absolute atomic E-state index is 0.776. The Kier molecular flexibility index (Phi) is 3.03. The lowest BCUT2D eigenvalue weighted by Gasteiger charge is -2.20. The maximum absolute atomic E-state index is 5.45. The molecular formula is C14H17N3O2. The Labute approximate surface area is 112 Å². The molecule has 0 atom stereocenters. The maximum atomic E-state index is 5.45. The molecule has 0 aliphatic carbocycles. The molecule has 5 heteroatoms. The van der Waals surface area contributed by atoms with Gasteiger partial charge in [-0.2, -0.15) is 0 Å². The largest absolute Gasteiger partial charge is 0.496 e. The number of aromatic nitrogens is 2. The molecule has 0 amide bonds. The van der Waals surface area contributed by atoms with Crippen LogP contribution in [-0.2, 0) is 6.54 Å². The Bertz CT molecular complexity index is 570. The number of hydrogen-bond donors (Lipinski definition) is 1. The van der Waals surface area contributed by atoms with E-state index < -0.39 is 0 Å². The number of imidazole rings is 1. The van der Waals surface area contributed by atoms with Crippen LogP contribution < -0.4 is 14.8 Å². The van der Waals surface area contributed by atoms with Crippen molar-refractivity contribution < 1.29 is 9.47 Å². The normalized spacial score (nSPS) is 13.6. The second-order valence-corrected chi connectivity index (χ2v) is 4.44. The van der Waals surface area contributed by atoms with Crippen LogP contribution in [-0.4, -0.2) is 30.3 Å². The van der Waals surface area contributed by atoms with Gasteiger partial charge in [-0.3, -0.25) is 0 Å². The molecule has 0 saturated heterocycles. The summed E-state index contributed by atoms with van der Waals surface area (Å²) in [6, 6.07) is 5.77. The van der Waals surface area contributed by atoms with Crippen LogP contribution in [0.4, 0.5) is 5.82 Å². The monoisotopic (exact) mass is 259 g/mol. The molecule has 19 heavy (non-hydrogen) atoms. The van der Waals surface area contributed by atoms with Gasteiger partial charge in [0.25, 0.3) is 0 Å². The maximum Gasteiger partial charge on any atom is 0.149 e. The predicted molar refractivity (Wildman–Crippen MR) is 73.9 cm³/mol. The lowest BCUT2D eigenvalue weighted by atomic mass is 10.1. The molecule has 0 radical (unpaired) electrons. The Balaban J connectivity index is 2.18. The molecule has 100 valence electrons. The first-order valence-electron chi connectivity index (χ1n) is 6.36. The smallest absolute Gasteiger partial charge is 0.149 e. The summed E-state index contributed by atoms with van der Waals surface area (Å²) in [6.45, 7) is 1.95. The van der Waals surface area contributed by atoms with E-state index in [1.165, 1.54) is 0 Å². The van der Waals surface area contributed by atoms with Gasteiger partial charge >= 0.3 is 0 Å². The van der Waals surface area contributed by atoms with E-state index in [0.29, 0.717) is 0 Å². The molecule has 5 nitrogen and oxygen atoms in total. The minimum Gasteiger partial charge on any atom is -0.496 e. The van der Waals surface area contributed by atoms with Crippen LogP contribution in [0, 0.1) is 0 Å². The van der Waals surface area contributed by atoms with Crippen LogP contribution in [0.1, 0.15) is 6.42 Å². The van der Waals surface area contributed by atoms with Crippen LogP contribution in [0.5, 0.6) is 11.5 Å². The highest BCUT2D eigenvalue weighted by Crippen LogP contribution is 2.39. The Morgan fingerprint density at radius 1 is 1.21 bits per heavy atom. The minimum atomic E-state index is 0.776. The third kappa shape index (κ3) is 1.91. The van der Waals surface area contributed by atoms with Crippen molar-refractivity contribution >= 4 is 5.82 Å². The van der Waals surface area contributed by atoms with E-state index in [1.54, 1.807) is 14.2 Å². The zero-order chi connectivity index (χ0) is 13.2. The van der Waals surface area contributed by atoms with Crippen LogP contribution in [0.2, 0.25) is 0 Å². The van der Waals surface area contributed by atoms with Crippen molar-refractivity contribution in [2.24, 2.45) is 0 Å². The fourth-order valence-electron chi connectivity index (χ4n) is 2.47. The van der Waals surface area contributed by atoms with Gasteiger partial charge in [-0.15, -0.1) is 0 Å². The fourth-order valence-corrected chi connectivity index (χ4v) is 2.47. The molecule has 0 spiro atoms. The summed E-state index contributed by atoms with van der Waals surface area (Å²) in [5.41, 5.74) is 0.905. The molecule has 1 aromatic carbocycles. The summed E-state index contributed by atoms with van der Waals surface area (Å²) in [6.07, 6.45) is 2.95. The van der Waals surface area contributed by atoms with Crippen molar-refractivity contribution in [3.63, 3.8) is 0 Å². The van der Waals surface area contributed by atoms with Crippen LogP contribution in [0.3, 0.4) is 0 Å². The summed E-state index contributed by atoms with van der Waals surface area (Å²) in [5.74, 6) is 3.49. The first-order valence-corrected chi connectivity index (χ1v) is 6.36. The quantitative estimate of drug-likeness (QED) is 0.919. The lowest BCUT2D eigenvalue weighted by Crippen LogP contribution is -2.17. The highest BCUT2D eigenvalue weighted by Gasteiger charge is 2.21. The summed E-state index contributed by atoms with van der Waals surface area (Å²) < 4.78 is 13.1. The van der Waals surface area contributed by atoms with Gasteiger partial charge in [0, 0.05) is 13.1 Å². The molecule has 0 saturated carbocycles. The van der Waals surface area contributed by atoms with E-state index in [2.05, 4.69) is 14.9 Å². The van der Waals surface area contributed by atoms with Gasteiger partial charge in [0.2, 0.25) is 0 Å². The second kappa shape index (κ2) is 4.84. The fraction of sp³-hybridized carbons (Fsp3) is 0.357. The molecule has 1 N–H and O–H groups in total. The Hall–Kier alpha value is -2.17. The molecule has 1 aromatic heterocycles.